The zero-order chi connectivity index (χ0) is 20.9. The van der Waals surface area contributed by atoms with Gasteiger partial charge < -0.3 is 14.2 Å². The van der Waals surface area contributed by atoms with E-state index in [4.69, 9.17) is 4.74 Å². The summed E-state index contributed by atoms with van der Waals surface area (Å²) < 4.78 is 9.68. The molecule has 1 aliphatic rings. The first-order valence-corrected chi connectivity index (χ1v) is 9.45. The topological polar surface area (TPSA) is 91.4 Å². The highest BCUT2D eigenvalue weighted by molar-refractivity contribution is 5.79. The van der Waals surface area contributed by atoms with Crippen molar-refractivity contribution in [3.8, 4) is 5.75 Å². The summed E-state index contributed by atoms with van der Waals surface area (Å²) in [7, 11) is 3.18. The Morgan fingerprint density at radius 1 is 1.24 bits per heavy atom. The number of methoxy groups -OCH3 is 1. The van der Waals surface area contributed by atoms with Crippen LogP contribution >= 0.6 is 0 Å². The lowest BCUT2D eigenvalue weighted by Gasteiger charge is -2.30. The molecule has 0 radical (unpaired) electrons. The number of aryl methyl sites for hydroxylation is 3. The number of rotatable bonds is 4. The second-order valence-electron chi connectivity index (χ2n) is 7.35. The first kappa shape index (κ1) is 19.0. The average molecular weight is 397 g/mol. The maximum Gasteiger partial charge on any atom is 0.332 e. The summed E-state index contributed by atoms with van der Waals surface area (Å²) in [6.07, 6.45) is 0.796. The van der Waals surface area contributed by atoms with Crippen LogP contribution in [0.4, 0.5) is 11.6 Å². The third-order valence-corrected chi connectivity index (χ3v) is 5.22. The fourth-order valence-electron chi connectivity index (χ4n) is 3.87. The highest BCUT2D eigenvalue weighted by Crippen LogP contribution is 2.37. The van der Waals surface area contributed by atoms with E-state index in [2.05, 4.69) is 4.98 Å². The minimum Gasteiger partial charge on any atom is -0.495 e. The Morgan fingerprint density at radius 3 is 2.69 bits per heavy atom. The first-order chi connectivity index (χ1) is 13.8. The first-order valence-electron chi connectivity index (χ1n) is 9.45. The Morgan fingerprint density at radius 2 is 2.00 bits per heavy atom. The van der Waals surface area contributed by atoms with Gasteiger partial charge >= 0.3 is 5.69 Å². The molecule has 9 heteroatoms. The Hall–Kier alpha value is -3.36. The minimum absolute atomic E-state index is 0.253. The van der Waals surface area contributed by atoms with Gasteiger partial charge in [0.25, 0.3) is 5.56 Å². The van der Waals surface area contributed by atoms with Gasteiger partial charge in [-0.15, -0.1) is 0 Å². The molecule has 4 rings (SSSR count). The summed E-state index contributed by atoms with van der Waals surface area (Å²) in [5, 5.41) is 0. The summed E-state index contributed by atoms with van der Waals surface area (Å²) in [6.45, 7) is 4.41. The number of aromatic nitrogens is 4. The molecule has 0 atom stereocenters. The van der Waals surface area contributed by atoms with Crippen LogP contribution < -0.4 is 20.9 Å². The van der Waals surface area contributed by atoms with Gasteiger partial charge in [-0.2, -0.15) is 4.98 Å². The van der Waals surface area contributed by atoms with Crippen molar-refractivity contribution < 1.29 is 9.53 Å². The van der Waals surface area contributed by atoms with Crippen LogP contribution in [0.2, 0.25) is 0 Å². The van der Waals surface area contributed by atoms with Crippen molar-refractivity contribution >= 4 is 28.6 Å². The zero-order valence-electron chi connectivity index (χ0n) is 16.9. The van der Waals surface area contributed by atoms with Crippen molar-refractivity contribution in [2.45, 2.75) is 33.4 Å². The van der Waals surface area contributed by atoms with Gasteiger partial charge in [-0.1, -0.05) is 6.07 Å². The molecule has 0 spiro atoms. The molecule has 0 N–H and O–H groups in total. The van der Waals surface area contributed by atoms with Gasteiger partial charge in [0.05, 0.1) is 19.3 Å². The number of ketones is 1. The molecule has 1 aromatic carbocycles. The number of imidazole rings is 1. The SMILES string of the molecule is COc1ccc(C)cc1N1CCCn2c1nc1c2c(=O)n(CC(C)=O)c(=O)n1C. The highest BCUT2D eigenvalue weighted by atomic mass is 16.5. The summed E-state index contributed by atoms with van der Waals surface area (Å²) in [6, 6.07) is 5.89. The van der Waals surface area contributed by atoms with Crippen LogP contribution in [0.15, 0.2) is 27.8 Å². The second kappa shape index (κ2) is 6.91. The lowest BCUT2D eigenvalue weighted by atomic mass is 10.1. The molecule has 0 saturated carbocycles. The molecule has 0 saturated heterocycles. The smallest absolute Gasteiger partial charge is 0.332 e. The Balaban J connectivity index is 2.00. The Labute approximate surface area is 166 Å². The number of anilines is 2. The van der Waals surface area contributed by atoms with E-state index in [1.54, 1.807) is 14.2 Å². The number of fused-ring (bicyclic) bond motifs is 3. The van der Waals surface area contributed by atoms with Crippen molar-refractivity contribution in [3.05, 3.63) is 44.6 Å². The van der Waals surface area contributed by atoms with Crippen molar-refractivity contribution in [1.82, 2.24) is 18.7 Å². The van der Waals surface area contributed by atoms with Gasteiger partial charge in [0.2, 0.25) is 5.95 Å². The van der Waals surface area contributed by atoms with E-state index in [0.717, 1.165) is 22.2 Å². The fraction of sp³-hybridized carbons (Fsp3) is 0.400. The maximum atomic E-state index is 13.1. The predicted molar refractivity (Wildman–Crippen MR) is 109 cm³/mol. The largest absolute Gasteiger partial charge is 0.495 e. The average Bonchev–Trinajstić information content (AvgIpc) is 3.09. The molecule has 2 aromatic heterocycles. The number of hydrogen-bond acceptors (Lipinski definition) is 6. The summed E-state index contributed by atoms with van der Waals surface area (Å²) >= 11 is 0. The molecular weight excluding hydrogens is 374 g/mol. The Bertz CT molecular complexity index is 1250. The van der Waals surface area contributed by atoms with Gasteiger partial charge in [0, 0.05) is 20.1 Å². The van der Waals surface area contributed by atoms with E-state index in [-0.39, 0.29) is 12.3 Å². The van der Waals surface area contributed by atoms with Crippen LogP contribution in [0, 0.1) is 6.92 Å². The third kappa shape index (κ3) is 2.93. The second-order valence-corrected chi connectivity index (χ2v) is 7.35. The molecular formula is C20H23N5O4. The zero-order valence-corrected chi connectivity index (χ0v) is 16.9. The number of hydrogen-bond donors (Lipinski definition) is 0. The minimum atomic E-state index is -0.548. The lowest BCUT2D eigenvalue weighted by Crippen LogP contribution is -2.41. The summed E-state index contributed by atoms with van der Waals surface area (Å²) in [4.78, 5) is 44.0. The van der Waals surface area contributed by atoms with E-state index >= 15 is 0 Å². The van der Waals surface area contributed by atoms with E-state index in [9.17, 15) is 14.4 Å². The van der Waals surface area contributed by atoms with Crippen molar-refractivity contribution in [1.29, 1.82) is 0 Å². The number of nitrogens with zero attached hydrogens (tertiary/aromatic N) is 5. The van der Waals surface area contributed by atoms with Crippen LogP contribution in [0.1, 0.15) is 18.9 Å². The molecule has 3 heterocycles. The number of carbonyl (C=O) groups excluding carboxylic acids is 1. The molecule has 0 unspecified atom stereocenters. The predicted octanol–water partition coefficient (Wildman–Crippen LogP) is 1.34. The van der Waals surface area contributed by atoms with Crippen molar-refractivity contribution in [2.24, 2.45) is 7.05 Å². The van der Waals surface area contributed by atoms with Gasteiger partial charge in [-0.05, 0) is 38.0 Å². The molecule has 3 aromatic rings. The van der Waals surface area contributed by atoms with Gasteiger partial charge in [0.15, 0.2) is 11.2 Å². The van der Waals surface area contributed by atoms with Crippen LogP contribution in [-0.4, -0.2) is 38.1 Å². The van der Waals surface area contributed by atoms with Crippen LogP contribution in [0.5, 0.6) is 5.75 Å². The Kier molecular flexibility index (Phi) is 4.52. The van der Waals surface area contributed by atoms with E-state index in [0.29, 0.717) is 36.0 Å². The third-order valence-electron chi connectivity index (χ3n) is 5.22. The molecule has 29 heavy (non-hydrogen) atoms. The molecule has 0 bridgehead atoms. The fourth-order valence-corrected chi connectivity index (χ4v) is 3.87. The highest BCUT2D eigenvalue weighted by Gasteiger charge is 2.28. The van der Waals surface area contributed by atoms with Gasteiger partial charge in [-0.3, -0.25) is 18.7 Å². The monoisotopic (exact) mass is 397 g/mol. The quantitative estimate of drug-likeness (QED) is 0.660. The molecule has 152 valence electrons. The number of Topliss-reactive ketones (excluding diaryl/α,β-unsaturated/α-hetero) is 1. The van der Waals surface area contributed by atoms with Crippen molar-refractivity contribution in [2.75, 3.05) is 18.6 Å². The van der Waals surface area contributed by atoms with Crippen LogP contribution in [-0.2, 0) is 24.9 Å². The van der Waals surface area contributed by atoms with E-state index in [1.165, 1.54) is 11.5 Å². The molecule has 0 fully saturated rings. The molecule has 9 nitrogen and oxygen atoms in total. The van der Waals surface area contributed by atoms with Crippen LogP contribution in [0.25, 0.3) is 11.2 Å². The number of ether oxygens (including phenoxy) is 1. The number of carbonyl (C=O) groups is 1. The lowest BCUT2D eigenvalue weighted by molar-refractivity contribution is -0.117. The standard InChI is InChI=1S/C20H23N5O4/c1-12-6-7-15(29-4)14(10-12)23-8-5-9-24-16-17(21-19(23)24)22(3)20(28)25(18(16)27)11-13(2)26/h6-7,10H,5,8-9,11H2,1-4H3. The molecule has 1 aliphatic heterocycles. The normalized spacial score (nSPS) is 13.6. The number of benzene rings is 1. The van der Waals surface area contributed by atoms with Crippen molar-refractivity contribution in [3.63, 3.8) is 0 Å². The summed E-state index contributed by atoms with van der Waals surface area (Å²) in [5.74, 6) is 1.04. The summed E-state index contributed by atoms with van der Waals surface area (Å²) in [5.41, 5.74) is 1.54. The van der Waals surface area contributed by atoms with E-state index < -0.39 is 11.2 Å². The van der Waals surface area contributed by atoms with Gasteiger partial charge in [0.1, 0.15) is 11.5 Å². The van der Waals surface area contributed by atoms with E-state index in [1.807, 2.05) is 34.6 Å². The molecule has 0 amide bonds. The maximum absolute atomic E-state index is 13.1. The van der Waals surface area contributed by atoms with Crippen LogP contribution in [0.3, 0.4) is 0 Å². The molecule has 0 aliphatic carbocycles. The van der Waals surface area contributed by atoms with Gasteiger partial charge in [-0.25, -0.2) is 4.79 Å².